The number of carbonyl (C=O) groups is 3. The highest BCUT2D eigenvalue weighted by atomic mass is 16.5. The number of carbonyl (C=O) groups excluding carboxylic acids is 3. The topological polar surface area (TPSA) is 90.4 Å². The van der Waals surface area contributed by atoms with Crippen LogP contribution >= 0.6 is 0 Å². The van der Waals surface area contributed by atoms with Crippen LogP contribution in [0.4, 0.5) is 0 Å². The van der Waals surface area contributed by atoms with Crippen molar-refractivity contribution in [2.24, 2.45) is 11.8 Å². The second-order valence-electron chi connectivity index (χ2n) is 13.0. The first-order valence-corrected chi connectivity index (χ1v) is 16.0. The minimum absolute atomic E-state index is 0.179. The van der Waals surface area contributed by atoms with Gasteiger partial charge in [-0.3, -0.25) is 14.4 Å². The summed E-state index contributed by atoms with van der Waals surface area (Å²) >= 11 is 0. The molecule has 3 aromatic carbocycles. The van der Waals surface area contributed by atoms with E-state index in [1.165, 1.54) is 0 Å². The Morgan fingerprint density at radius 1 is 0.717 bits per heavy atom. The molecule has 0 radical (unpaired) electrons. The lowest BCUT2D eigenvalue weighted by Gasteiger charge is -2.40. The van der Waals surface area contributed by atoms with E-state index in [1.807, 2.05) is 122 Å². The van der Waals surface area contributed by atoms with Crippen molar-refractivity contribution in [2.45, 2.75) is 49.7 Å². The lowest BCUT2D eigenvalue weighted by molar-refractivity contribution is -0.156. The summed E-state index contributed by atoms with van der Waals surface area (Å²) in [5, 5.41) is 10.8. The van der Waals surface area contributed by atoms with Gasteiger partial charge in [-0.15, -0.1) is 0 Å². The molecule has 4 aliphatic heterocycles. The van der Waals surface area contributed by atoms with Crippen LogP contribution in [0.15, 0.2) is 115 Å². The van der Waals surface area contributed by atoms with Crippen molar-refractivity contribution in [1.82, 2.24) is 14.7 Å². The molecule has 1 N–H and O–H groups in total. The van der Waals surface area contributed by atoms with Gasteiger partial charge in [0.05, 0.1) is 30.1 Å². The van der Waals surface area contributed by atoms with E-state index in [4.69, 9.17) is 4.74 Å². The number of amides is 3. The second-order valence-corrected chi connectivity index (χ2v) is 13.0. The largest absolute Gasteiger partial charge is 0.394 e. The number of nitrogens with zero attached hydrogens (tertiary/aromatic N) is 3. The van der Waals surface area contributed by atoms with Crippen LogP contribution in [-0.2, 0) is 38.6 Å². The van der Waals surface area contributed by atoms with Crippen LogP contribution in [-0.4, -0.2) is 80.5 Å². The molecule has 236 valence electrons. The van der Waals surface area contributed by atoms with Gasteiger partial charge in [-0.25, -0.2) is 0 Å². The smallest absolute Gasteiger partial charge is 0.249 e. The lowest BCUT2D eigenvalue weighted by atomic mass is 9.74. The van der Waals surface area contributed by atoms with Gasteiger partial charge in [0, 0.05) is 26.2 Å². The lowest BCUT2D eigenvalue weighted by Crippen LogP contribution is -2.59. The Morgan fingerprint density at radius 2 is 1.24 bits per heavy atom. The number of ether oxygens (including phenoxy) is 1. The maximum absolute atomic E-state index is 14.9. The first kappa shape index (κ1) is 30.1. The Kier molecular flexibility index (Phi) is 7.87. The molecule has 0 aliphatic carbocycles. The summed E-state index contributed by atoms with van der Waals surface area (Å²) in [6.45, 7) is 2.99. The number of hydrogen-bond acceptors (Lipinski definition) is 5. The summed E-state index contributed by atoms with van der Waals surface area (Å²) in [7, 11) is 0. The summed E-state index contributed by atoms with van der Waals surface area (Å²) in [5.74, 6) is -2.57. The maximum Gasteiger partial charge on any atom is 0.249 e. The number of hydrogen-bond donors (Lipinski definition) is 1. The van der Waals surface area contributed by atoms with E-state index in [-0.39, 0.29) is 24.3 Å². The van der Waals surface area contributed by atoms with Crippen LogP contribution in [0.1, 0.15) is 23.6 Å². The SMILES string of the molecule is C[C@]12C=CCN(Cc3ccccc3)C(=O)[C@H]1[C@H]1C(=O)N([C@@H](CO)Cc3ccccc3)C3C(=O)N(Cc4ccccc4)CC=C[C@@]31O2. The number of fused-ring (bicyclic) bond motifs is 2. The van der Waals surface area contributed by atoms with Crippen molar-refractivity contribution in [1.29, 1.82) is 0 Å². The molecule has 1 spiro atoms. The van der Waals surface area contributed by atoms with E-state index in [9.17, 15) is 19.5 Å². The Hall–Kier alpha value is -4.53. The summed E-state index contributed by atoms with van der Waals surface area (Å²) in [6, 6.07) is 27.4. The molecule has 7 rings (SSSR count). The van der Waals surface area contributed by atoms with Gasteiger partial charge in [0.1, 0.15) is 11.6 Å². The third-order valence-corrected chi connectivity index (χ3v) is 10.0. The van der Waals surface area contributed by atoms with Crippen LogP contribution in [0.3, 0.4) is 0 Å². The van der Waals surface area contributed by atoms with Crippen molar-refractivity contribution in [2.75, 3.05) is 19.7 Å². The molecule has 2 fully saturated rings. The fourth-order valence-corrected chi connectivity index (χ4v) is 7.98. The Balaban J connectivity index is 1.31. The third kappa shape index (κ3) is 5.06. The van der Waals surface area contributed by atoms with Gasteiger partial charge in [-0.05, 0) is 30.0 Å². The predicted molar refractivity (Wildman–Crippen MR) is 173 cm³/mol. The van der Waals surface area contributed by atoms with Gasteiger partial charge in [0.2, 0.25) is 17.7 Å². The third-order valence-electron chi connectivity index (χ3n) is 10.0. The van der Waals surface area contributed by atoms with Crippen molar-refractivity contribution in [3.63, 3.8) is 0 Å². The summed E-state index contributed by atoms with van der Waals surface area (Å²) in [5.41, 5.74) is 0.392. The highest BCUT2D eigenvalue weighted by Gasteiger charge is 2.75. The monoisotopic (exact) mass is 617 g/mol. The van der Waals surface area contributed by atoms with Crippen molar-refractivity contribution >= 4 is 17.7 Å². The molecule has 0 aromatic heterocycles. The minimum atomic E-state index is -1.39. The molecule has 3 amide bonds. The van der Waals surface area contributed by atoms with Gasteiger partial charge < -0.3 is 24.5 Å². The normalized spacial score (nSPS) is 29.3. The number of rotatable bonds is 8. The zero-order valence-electron chi connectivity index (χ0n) is 25.9. The molecule has 46 heavy (non-hydrogen) atoms. The minimum Gasteiger partial charge on any atom is -0.394 e. The Morgan fingerprint density at radius 3 is 1.80 bits per heavy atom. The fraction of sp³-hybridized carbons (Fsp3) is 0.342. The van der Waals surface area contributed by atoms with Crippen molar-refractivity contribution < 1.29 is 24.2 Å². The average molecular weight is 618 g/mol. The fourth-order valence-electron chi connectivity index (χ4n) is 7.98. The number of likely N-dealkylation sites (tertiary alicyclic amines) is 1. The van der Waals surface area contributed by atoms with Crippen LogP contribution in [0, 0.1) is 11.8 Å². The van der Waals surface area contributed by atoms with E-state index < -0.39 is 35.1 Å². The first-order chi connectivity index (χ1) is 22.3. The summed E-state index contributed by atoms with van der Waals surface area (Å²) in [4.78, 5) is 49.3. The van der Waals surface area contributed by atoms with E-state index in [0.29, 0.717) is 32.6 Å². The van der Waals surface area contributed by atoms with E-state index >= 15 is 0 Å². The summed E-state index contributed by atoms with van der Waals surface area (Å²) < 4.78 is 7.00. The molecular weight excluding hydrogens is 578 g/mol. The molecular formula is C38H39N3O5. The second kappa shape index (κ2) is 12.0. The molecule has 2 saturated heterocycles. The number of benzene rings is 3. The summed E-state index contributed by atoms with van der Waals surface area (Å²) in [6.07, 6.45) is 7.96. The van der Waals surface area contributed by atoms with E-state index in [1.54, 1.807) is 14.7 Å². The Bertz CT molecular complexity index is 1660. The van der Waals surface area contributed by atoms with Crippen LogP contribution in [0.2, 0.25) is 0 Å². The van der Waals surface area contributed by atoms with Crippen LogP contribution in [0.25, 0.3) is 0 Å². The van der Waals surface area contributed by atoms with Crippen LogP contribution < -0.4 is 0 Å². The molecule has 8 nitrogen and oxygen atoms in total. The van der Waals surface area contributed by atoms with Gasteiger partial charge in [-0.1, -0.05) is 115 Å². The molecule has 8 heteroatoms. The van der Waals surface area contributed by atoms with Crippen molar-refractivity contribution in [3.8, 4) is 0 Å². The first-order valence-electron chi connectivity index (χ1n) is 16.0. The molecule has 3 aromatic rings. The number of aliphatic hydroxyl groups excluding tert-OH is 1. The van der Waals surface area contributed by atoms with Crippen molar-refractivity contribution in [3.05, 3.63) is 132 Å². The van der Waals surface area contributed by atoms with Crippen LogP contribution in [0.5, 0.6) is 0 Å². The average Bonchev–Trinajstić information content (AvgIpc) is 3.36. The zero-order valence-corrected chi connectivity index (χ0v) is 25.9. The standard InChI is InChI=1S/C38H39N3O5/c1-37-19-11-21-39(24-28-15-7-3-8-16-28)34(43)31(37)32-35(44)41(30(26-42)23-27-13-5-2-6-14-27)33-36(45)40(22-12-20-38(32,33)46-37)25-29-17-9-4-10-18-29/h2-20,30-33,42H,21-26H2,1H3/t30-,31-,32+,33?,37+,38+/m1/s1. The maximum atomic E-state index is 14.9. The zero-order chi connectivity index (χ0) is 31.9. The van der Waals surface area contributed by atoms with E-state index in [0.717, 1.165) is 16.7 Å². The molecule has 4 heterocycles. The molecule has 4 aliphatic rings. The molecule has 0 saturated carbocycles. The Labute approximate surface area is 269 Å². The molecule has 6 atom stereocenters. The van der Waals surface area contributed by atoms with E-state index in [2.05, 4.69) is 0 Å². The highest BCUT2D eigenvalue weighted by molar-refractivity contribution is 6.00. The number of aliphatic hydroxyl groups is 1. The van der Waals surface area contributed by atoms with Gasteiger partial charge in [0.25, 0.3) is 0 Å². The van der Waals surface area contributed by atoms with Gasteiger partial charge in [0.15, 0.2) is 0 Å². The highest BCUT2D eigenvalue weighted by Crippen LogP contribution is 2.58. The molecule has 0 bridgehead atoms. The quantitative estimate of drug-likeness (QED) is 0.389. The molecule has 1 unspecified atom stereocenters. The van der Waals surface area contributed by atoms with Gasteiger partial charge in [-0.2, -0.15) is 0 Å². The predicted octanol–water partition coefficient (Wildman–Crippen LogP) is 3.76. The van der Waals surface area contributed by atoms with Gasteiger partial charge >= 0.3 is 0 Å².